The Morgan fingerprint density at radius 1 is 1.09 bits per heavy atom. The highest BCUT2D eigenvalue weighted by atomic mass is 35.5. The molecule has 0 radical (unpaired) electrons. The van der Waals surface area contributed by atoms with Crippen LogP contribution in [0.4, 0.5) is 5.69 Å². The average Bonchev–Trinajstić information content (AvgIpc) is 3.29. The molecule has 0 aliphatic carbocycles. The van der Waals surface area contributed by atoms with Crippen molar-refractivity contribution in [1.82, 2.24) is 20.6 Å². The van der Waals surface area contributed by atoms with E-state index in [0.29, 0.717) is 22.8 Å². The number of carbonyl (C=O) groups excluding carboxylic acids is 3. The number of nitrogens with zero attached hydrogens (tertiary/aromatic N) is 2. The number of amides is 3. The lowest BCUT2D eigenvalue weighted by molar-refractivity contribution is -0.125. The third kappa shape index (κ3) is 4.88. The van der Waals surface area contributed by atoms with Gasteiger partial charge in [0.25, 0.3) is 5.91 Å². The molecule has 2 aromatic carbocycles. The molecule has 35 heavy (non-hydrogen) atoms. The fourth-order valence-corrected chi connectivity index (χ4v) is 4.37. The first-order valence-corrected chi connectivity index (χ1v) is 11.5. The van der Waals surface area contributed by atoms with Crippen LogP contribution >= 0.6 is 11.6 Å². The van der Waals surface area contributed by atoms with Gasteiger partial charge in [0.05, 0.1) is 12.2 Å². The SMILES string of the molecule is O=C(CN1C(=O)C(NC(=O)c2cc3cc(Cl)ccc3[nH]2)Cc2ccccc21)NCc1ccccn1. The Morgan fingerprint density at radius 3 is 2.74 bits per heavy atom. The second kappa shape index (κ2) is 9.60. The van der Waals surface area contributed by atoms with Crippen LogP contribution < -0.4 is 15.5 Å². The Kier molecular flexibility index (Phi) is 6.20. The van der Waals surface area contributed by atoms with E-state index >= 15 is 0 Å². The molecule has 176 valence electrons. The van der Waals surface area contributed by atoms with E-state index in [9.17, 15) is 14.4 Å². The van der Waals surface area contributed by atoms with Crippen LogP contribution in [0.2, 0.25) is 5.02 Å². The van der Waals surface area contributed by atoms with Crippen LogP contribution in [0.1, 0.15) is 21.7 Å². The summed E-state index contributed by atoms with van der Waals surface area (Å²) in [5.74, 6) is -1.07. The number of aromatic nitrogens is 2. The molecule has 1 unspecified atom stereocenters. The highest BCUT2D eigenvalue weighted by Gasteiger charge is 2.35. The van der Waals surface area contributed by atoms with Crippen molar-refractivity contribution in [2.24, 2.45) is 0 Å². The van der Waals surface area contributed by atoms with Crippen molar-refractivity contribution in [1.29, 1.82) is 0 Å². The van der Waals surface area contributed by atoms with Gasteiger partial charge < -0.3 is 20.5 Å². The summed E-state index contributed by atoms with van der Waals surface area (Å²) in [5, 5.41) is 7.00. The van der Waals surface area contributed by atoms with Gasteiger partial charge in [-0.15, -0.1) is 0 Å². The normalized spacial score (nSPS) is 15.1. The minimum absolute atomic E-state index is 0.167. The van der Waals surface area contributed by atoms with Crippen molar-refractivity contribution in [3.8, 4) is 0 Å². The number of pyridine rings is 1. The second-order valence-corrected chi connectivity index (χ2v) is 8.73. The van der Waals surface area contributed by atoms with Crippen molar-refractivity contribution in [2.75, 3.05) is 11.4 Å². The van der Waals surface area contributed by atoms with E-state index in [1.807, 2.05) is 30.3 Å². The lowest BCUT2D eigenvalue weighted by atomic mass is 9.97. The first-order chi connectivity index (χ1) is 17.0. The number of anilines is 1. The maximum atomic E-state index is 13.4. The van der Waals surface area contributed by atoms with Gasteiger partial charge in [0.1, 0.15) is 18.3 Å². The van der Waals surface area contributed by atoms with E-state index in [1.165, 1.54) is 4.90 Å². The minimum atomic E-state index is -0.809. The van der Waals surface area contributed by atoms with Crippen molar-refractivity contribution in [3.05, 3.63) is 94.9 Å². The average molecular weight is 488 g/mol. The smallest absolute Gasteiger partial charge is 0.268 e. The van der Waals surface area contributed by atoms with E-state index in [1.54, 1.807) is 42.6 Å². The van der Waals surface area contributed by atoms with Crippen LogP contribution in [0.3, 0.4) is 0 Å². The summed E-state index contributed by atoms with van der Waals surface area (Å²) in [6, 6.07) is 19.0. The molecule has 0 spiro atoms. The molecule has 0 saturated heterocycles. The van der Waals surface area contributed by atoms with Crippen LogP contribution in [0, 0.1) is 0 Å². The zero-order valence-corrected chi connectivity index (χ0v) is 19.4. The van der Waals surface area contributed by atoms with Crippen molar-refractivity contribution < 1.29 is 14.4 Å². The van der Waals surface area contributed by atoms with Crippen molar-refractivity contribution >= 4 is 45.9 Å². The first kappa shape index (κ1) is 22.6. The van der Waals surface area contributed by atoms with Crippen molar-refractivity contribution in [3.63, 3.8) is 0 Å². The minimum Gasteiger partial charge on any atom is -0.351 e. The summed E-state index contributed by atoms with van der Waals surface area (Å²) in [6.07, 6.45) is 1.99. The molecule has 9 heteroatoms. The van der Waals surface area contributed by atoms with Crippen LogP contribution in [-0.4, -0.2) is 40.3 Å². The quantitative estimate of drug-likeness (QED) is 0.388. The van der Waals surface area contributed by atoms with Gasteiger partial charge in [0.2, 0.25) is 11.8 Å². The van der Waals surface area contributed by atoms with Crippen LogP contribution in [-0.2, 0) is 22.6 Å². The molecule has 0 bridgehead atoms. The van der Waals surface area contributed by atoms with Gasteiger partial charge in [-0.3, -0.25) is 19.4 Å². The van der Waals surface area contributed by atoms with Gasteiger partial charge in [-0.05, 0) is 48.0 Å². The third-order valence-corrected chi connectivity index (χ3v) is 6.13. The highest BCUT2D eigenvalue weighted by molar-refractivity contribution is 6.31. The van der Waals surface area contributed by atoms with E-state index in [4.69, 9.17) is 11.6 Å². The maximum Gasteiger partial charge on any atom is 0.268 e. The van der Waals surface area contributed by atoms with Gasteiger partial charge in [-0.1, -0.05) is 35.9 Å². The number of para-hydroxylation sites is 1. The highest BCUT2D eigenvalue weighted by Crippen LogP contribution is 2.28. The third-order valence-electron chi connectivity index (χ3n) is 5.90. The lowest BCUT2D eigenvalue weighted by Gasteiger charge is -2.34. The topological polar surface area (TPSA) is 107 Å². The fraction of sp³-hybridized carbons (Fsp3) is 0.154. The number of hydrogen-bond acceptors (Lipinski definition) is 4. The summed E-state index contributed by atoms with van der Waals surface area (Å²) in [6.45, 7) is 0.0911. The van der Waals surface area contributed by atoms with Gasteiger partial charge >= 0.3 is 0 Å². The maximum absolute atomic E-state index is 13.4. The monoisotopic (exact) mass is 487 g/mol. The van der Waals surface area contributed by atoms with E-state index < -0.39 is 11.9 Å². The Labute approximate surface area is 206 Å². The molecule has 1 atom stereocenters. The first-order valence-electron chi connectivity index (χ1n) is 11.1. The molecule has 0 saturated carbocycles. The molecular weight excluding hydrogens is 466 g/mol. The molecule has 3 N–H and O–H groups in total. The summed E-state index contributed by atoms with van der Waals surface area (Å²) in [5.41, 5.74) is 3.35. The predicted octanol–water partition coefficient (Wildman–Crippen LogP) is 3.22. The van der Waals surface area contributed by atoms with E-state index in [2.05, 4.69) is 20.6 Å². The zero-order chi connectivity index (χ0) is 24.4. The van der Waals surface area contributed by atoms with Crippen molar-refractivity contribution in [2.45, 2.75) is 19.0 Å². The molecule has 4 aromatic rings. The molecule has 0 fully saturated rings. The van der Waals surface area contributed by atoms with Crippen LogP contribution in [0.15, 0.2) is 72.9 Å². The number of rotatable bonds is 6. The Bertz CT molecular complexity index is 1420. The summed E-state index contributed by atoms with van der Waals surface area (Å²) >= 11 is 6.04. The number of halogens is 1. The number of nitrogens with one attached hydrogen (secondary N) is 3. The number of hydrogen-bond donors (Lipinski definition) is 3. The summed E-state index contributed by atoms with van der Waals surface area (Å²) < 4.78 is 0. The van der Waals surface area contributed by atoms with Crippen LogP contribution in [0.25, 0.3) is 10.9 Å². The Balaban J connectivity index is 1.32. The van der Waals surface area contributed by atoms with Gasteiger partial charge in [0, 0.05) is 34.2 Å². The molecule has 5 rings (SSSR count). The van der Waals surface area contributed by atoms with Gasteiger partial charge in [-0.25, -0.2) is 0 Å². The summed E-state index contributed by atoms with van der Waals surface area (Å²) in [4.78, 5) is 47.7. The number of benzene rings is 2. The molecule has 3 amide bonds. The Morgan fingerprint density at radius 2 is 1.91 bits per heavy atom. The fourth-order valence-electron chi connectivity index (χ4n) is 4.19. The van der Waals surface area contributed by atoms with E-state index in [0.717, 1.165) is 22.2 Å². The molecule has 1 aliphatic rings. The predicted molar refractivity (Wildman–Crippen MR) is 133 cm³/mol. The summed E-state index contributed by atoms with van der Waals surface area (Å²) in [7, 11) is 0. The lowest BCUT2D eigenvalue weighted by Crippen LogP contribution is -2.55. The second-order valence-electron chi connectivity index (χ2n) is 8.30. The Hall–Kier alpha value is -4.17. The molecule has 8 nitrogen and oxygen atoms in total. The molecule has 3 heterocycles. The molecular formula is C26H22ClN5O3. The standard InChI is InChI=1S/C26H22ClN5O3/c27-18-8-9-20-17(11-18)13-21(30-20)25(34)31-22-12-16-5-1-2-7-23(16)32(26(22)35)15-24(33)29-14-19-6-3-4-10-28-19/h1-11,13,22,30H,12,14-15H2,(H,29,33)(H,31,34). The number of H-pyrrole nitrogens is 1. The van der Waals surface area contributed by atoms with Gasteiger partial charge in [0.15, 0.2) is 0 Å². The molecule has 2 aromatic heterocycles. The van der Waals surface area contributed by atoms with E-state index in [-0.39, 0.29) is 24.9 Å². The van der Waals surface area contributed by atoms with Gasteiger partial charge in [-0.2, -0.15) is 0 Å². The van der Waals surface area contributed by atoms with Crippen LogP contribution in [0.5, 0.6) is 0 Å². The number of aromatic amines is 1. The zero-order valence-electron chi connectivity index (χ0n) is 18.6. The largest absolute Gasteiger partial charge is 0.351 e. The number of fused-ring (bicyclic) bond motifs is 2. The number of carbonyl (C=O) groups is 3. The molecule has 1 aliphatic heterocycles.